The molecule has 2 aromatic rings. The van der Waals surface area contributed by atoms with Crippen LogP contribution in [0.5, 0.6) is 11.6 Å². The quantitative estimate of drug-likeness (QED) is 0.773. The molecule has 29 heavy (non-hydrogen) atoms. The lowest BCUT2D eigenvalue weighted by Crippen LogP contribution is -2.43. The summed E-state index contributed by atoms with van der Waals surface area (Å²) in [6.07, 6.45) is 6.30. The highest BCUT2D eigenvalue weighted by atomic mass is 16.5. The summed E-state index contributed by atoms with van der Waals surface area (Å²) in [4.78, 5) is 14.5. The molecule has 2 aliphatic rings. The molecule has 1 atom stereocenters. The van der Waals surface area contributed by atoms with Crippen molar-refractivity contribution in [2.45, 2.75) is 57.4 Å². The fourth-order valence-electron chi connectivity index (χ4n) is 3.79. The van der Waals surface area contributed by atoms with E-state index in [2.05, 4.69) is 41.5 Å². The highest BCUT2D eigenvalue weighted by Crippen LogP contribution is 2.31. The number of nitrogens with zero attached hydrogens (tertiary/aromatic N) is 3. The average Bonchev–Trinajstić information content (AvgIpc) is 3.57. The summed E-state index contributed by atoms with van der Waals surface area (Å²) in [7, 11) is 0. The van der Waals surface area contributed by atoms with Crippen LogP contribution in [0, 0.1) is 0 Å². The largest absolute Gasteiger partial charge is 0.438 e. The van der Waals surface area contributed by atoms with Gasteiger partial charge in [-0.05, 0) is 54.9 Å². The number of piperidine rings is 1. The minimum Gasteiger partial charge on any atom is -0.438 e. The van der Waals surface area contributed by atoms with Crippen LogP contribution in [0.4, 0.5) is 0 Å². The van der Waals surface area contributed by atoms with Crippen molar-refractivity contribution in [1.29, 1.82) is 0 Å². The molecule has 1 saturated heterocycles. The Morgan fingerprint density at radius 3 is 2.93 bits per heavy atom. The van der Waals surface area contributed by atoms with Gasteiger partial charge in [0.25, 0.3) is 0 Å². The summed E-state index contributed by atoms with van der Waals surface area (Å²) in [5.74, 6) is 2.20. The highest BCUT2D eigenvalue weighted by Gasteiger charge is 2.27. The SMILES string of the molecule is CC(C)c1cnnc(Oc2cccc(C3CCCN(C(=O)CNC4CC4)C3)c2)c1. The van der Waals surface area contributed by atoms with Crippen LogP contribution in [0.3, 0.4) is 0 Å². The van der Waals surface area contributed by atoms with Crippen LogP contribution in [-0.2, 0) is 4.79 Å². The van der Waals surface area contributed by atoms with Crippen molar-refractivity contribution in [2.24, 2.45) is 0 Å². The molecule has 0 radical (unpaired) electrons. The molecule has 2 heterocycles. The number of rotatable bonds is 7. The van der Waals surface area contributed by atoms with E-state index in [9.17, 15) is 4.79 Å². The first kappa shape index (κ1) is 19.8. The van der Waals surface area contributed by atoms with Gasteiger partial charge in [0.2, 0.25) is 11.8 Å². The van der Waals surface area contributed by atoms with Crippen molar-refractivity contribution in [1.82, 2.24) is 20.4 Å². The Bertz CT molecular complexity index is 850. The van der Waals surface area contributed by atoms with E-state index in [1.54, 1.807) is 6.20 Å². The maximum absolute atomic E-state index is 12.5. The Labute approximate surface area is 172 Å². The van der Waals surface area contributed by atoms with E-state index < -0.39 is 0 Å². The number of amides is 1. The third kappa shape index (κ3) is 5.32. The van der Waals surface area contributed by atoms with Crippen LogP contribution < -0.4 is 10.1 Å². The molecule has 2 fully saturated rings. The summed E-state index contributed by atoms with van der Waals surface area (Å²) in [6, 6.07) is 10.7. The topological polar surface area (TPSA) is 67.4 Å². The first-order valence-corrected chi connectivity index (χ1v) is 10.7. The Balaban J connectivity index is 1.41. The normalized spacial score (nSPS) is 19.4. The molecule has 0 spiro atoms. The Morgan fingerprint density at radius 1 is 1.28 bits per heavy atom. The van der Waals surface area contributed by atoms with E-state index in [4.69, 9.17) is 4.74 Å². The molecule has 6 heteroatoms. The van der Waals surface area contributed by atoms with Crippen LogP contribution in [0.2, 0.25) is 0 Å². The predicted molar refractivity (Wildman–Crippen MR) is 112 cm³/mol. The maximum Gasteiger partial charge on any atom is 0.239 e. The molecule has 154 valence electrons. The zero-order chi connectivity index (χ0) is 20.2. The van der Waals surface area contributed by atoms with E-state index >= 15 is 0 Å². The Hall–Kier alpha value is -2.47. The Kier molecular flexibility index (Phi) is 6.09. The molecular weight excluding hydrogens is 364 g/mol. The van der Waals surface area contributed by atoms with Gasteiger partial charge < -0.3 is 15.0 Å². The number of likely N-dealkylation sites (tertiary alicyclic amines) is 1. The molecule has 0 bridgehead atoms. The lowest BCUT2D eigenvalue weighted by atomic mass is 9.90. The molecule has 1 aliphatic carbocycles. The summed E-state index contributed by atoms with van der Waals surface area (Å²) in [5.41, 5.74) is 2.32. The van der Waals surface area contributed by atoms with Crippen LogP contribution in [-0.4, -0.2) is 46.7 Å². The van der Waals surface area contributed by atoms with E-state index in [0.29, 0.717) is 30.3 Å². The molecule has 1 aromatic carbocycles. The molecule has 1 amide bonds. The van der Waals surface area contributed by atoms with Crippen LogP contribution >= 0.6 is 0 Å². The zero-order valence-electron chi connectivity index (χ0n) is 17.3. The molecular formula is C23H30N4O2. The van der Waals surface area contributed by atoms with Crippen molar-refractivity contribution >= 4 is 5.91 Å². The summed E-state index contributed by atoms with van der Waals surface area (Å²) in [5, 5.41) is 11.5. The van der Waals surface area contributed by atoms with Crippen LogP contribution in [0.25, 0.3) is 0 Å². The van der Waals surface area contributed by atoms with Gasteiger partial charge in [-0.25, -0.2) is 0 Å². The van der Waals surface area contributed by atoms with Gasteiger partial charge in [-0.3, -0.25) is 4.79 Å². The van der Waals surface area contributed by atoms with E-state index in [0.717, 1.165) is 37.2 Å². The lowest BCUT2D eigenvalue weighted by molar-refractivity contribution is -0.131. The van der Waals surface area contributed by atoms with Gasteiger partial charge in [-0.15, -0.1) is 5.10 Å². The van der Waals surface area contributed by atoms with Crippen LogP contribution in [0.1, 0.15) is 62.5 Å². The highest BCUT2D eigenvalue weighted by molar-refractivity contribution is 5.78. The van der Waals surface area contributed by atoms with Crippen molar-refractivity contribution in [3.05, 3.63) is 47.7 Å². The van der Waals surface area contributed by atoms with Gasteiger partial charge in [0.1, 0.15) is 5.75 Å². The van der Waals surface area contributed by atoms with Gasteiger partial charge in [0.15, 0.2) is 0 Å². The smallest absolute Gasteiger partial charge is 0.239 e. The van der Waals surface area contributed by atoms with E-state index in [1.807, 2.05) is 23.1 Å². The molecule has 4 rings (SSSR count). The minimum absolute atomic E-state index is 0.217. The number of hydrogen-bond donors (Lipinski definition) is 1. The number of hydrogen-bond acceptors (Lipinski definition) is 5. The first-order valence-electron chi connectivity index (χ1n) is 10.7. The van der Waals surface area contributed by atoms with Gasteiger partial charge in [-0.1, -0.05) is 26.0 Å². The fraction of sp³-hybridized carbons (Fsp3) is 0.522. The monoisotopic (exact) mass is 394 g/mol. The van der Waals surface area contributed by atoms with Crippen molar-refractivity contribution in [2.75, 3.05) is 19.6 Å². The second-order valence-corrected chi connectivity index (χ2v) is 8.49. The van der Waals surface area contributed by atoms with Crippen LogP contribution in [0.15, 0.2) is 36.5 Å². The van der Waals surface area contributed by atoms with Crippen molar-refractivity contribution in [3.8, 4) is 11.6 Å². The fourth-order valence-corrected chi connectivity index (χ4v) is 3.79. The lowest BCUT2D eigenvalue weighted by Gasteiger charge is -2.33. The maximum atomic E-state index is 12.5. The summed E-state index contributed by atoms with van der Waals surface area (Å²) < 4.78 is 5.98. The number of carbonyl (C=O) groups is 1. The molecule has 1 saturated carbocycles. The van der Waals surface area contributed by atoms with Gasteiger partial charge >= 0.3 is 0 Å². The number of aromatic nitrogens is 2. The second-order valence-electron chi connectivity index (χ2n) is 8.49. The summed E-state index contributed by atoms with van der Waals surface area (Å²) in [6.45, 7) is 6.34. The van der Waals surface area contributed by atoms with Gasteiger partial charge in [0.05, 0.1) is 12.7 Å². The molecule has 1 unspecified atom stereocenters. The standard InChI is InChI=1S/C23H30N4O2/c1-16(2)19-12-22(26-25-13-19)29-21-7-3-5-17(11-21)18-6-4-10-27(15-18)23(28)14-24-20-8-9-20/h3,5,7,11-13,16,18,20,24H,4,6,8-10,14-15H2,1-2H3. The minimum atomic E-state index is 0.217. The Morgan fingerprint density at radius 2 is 2.14 bits per heavy atom. The molecule has 1 aliphatic heterocycles. The number of carbonyl (C=O) groups excluding carboxylic acids is 1. The molecule has 1 aromatic heterocycles. The molecule has 1 N–H and O–H groups in total. The van der Waals surface area contributed by atoms with Gasteiger partial charge in [0, 0.05) is 31.1 Å². The average molecular weight is 395 g/mol. The van der Waals surface area contributed by atoms with Gasteiger partial charge in [-0.2, -0.15) is 5.10 Å². The second kappa shape index (κ2) is 8.91. The third-order valence-corrected chi connectivity index (χ3v) is 5.77. The number of benzene rings is 1. The molecule has 6 nitrogen and oxygen atoms in total. The zero-order valence-corrected chi connectivity index (χ0v) is 17.3. The first-order chi connectivity index (χ1) is 14.1. The summed E-state index contributed by atoms with van der Waals surface area (Å²) >= 11 is 0. The number of nitrogens with one attached hydrogen (secondary N) is 1. The van der Waals surface area contributed by atoms with Crippen molar-refractivity contribution < 1.29 is 9.53 Å². The van der Waals surface area contributed by atoms with E-state index in [-0.39, 0.29) is 5.91 Å². The number of ether oxygens (including phenoxy) is 1. The predicted octanol–water partition coefficient (Wildman–Crippen LogP) is 3.85. The third-order valence-electron chi connectivity index (χ3n) is 5.77. The van der Waals surface area contributed by atoms with Crippen molar-refractivity contribution in [3.63, 3.8) is 0 Å². The van der Waals surface area contributed by atoms with E-state index in [1.165, 1.54) is 18.4 Å².